The summed E-state index contributed by atoms with van der Waals surface area (Å²) in [6, 6.07) is 0. The van der Waals surface area contributed by atoms with Crippen LogP contribution in [0.3, 0.4) is 0 Å². The molecule has 0 aromatic heterocycles. The van der Waals surface area contributed by atoms with E-state index >= 15 is 0 Å². The molecule has 6 heteroatoms. The predicted molar refractivity (Wildman–Crippen MR) is 60.3 cm³/mol. The molecule has 96 valence electrons. The van der Waals surface area contributed by atoms with E-state index < -0.39 is 11.5 Å². The molecular formula is C11H18N2O4. The number of amides is 2. The van der Waals surface area contributed by atoms with Crippen LogP contribution in [0, 0.1) is 0 Å². The van der Waals surface area contributed by atoms with Crippen molar-refractivity contribution in [3.8, 4) is 0 Å². The van der Waals surface area contributed by atoms with Crippen LogP contribution in [0.1, 0.15) is 26.7 Å². The zero-order valence-electron chi connectivity index (χ0n) is 10.4. The minimum atomic E-state index is -1.06. The molecule has 2 amide bonds. The fourth-order valence-electron chi connectivity index (χ4n) is 2.38. The molecule has 0 aromatic rings. The summed E-state index contributed by atoms with van der Waals surface area (Å²) in [6.45, 7) is 3.33. The van der Waals surface area contributed by atoms with E-state index in [1.807, 2.05) is 0 Å². The van der Waals surface area contributed by atoms with Crippen LogP contribution >= 0.6 is 0 Å². The lowest BCUT2D eigenvalue weighted by atomic mass is 9.97. The maximum Gasteiger partial charge on any atom is 0.323 e. The number of hydrogen-bond donors (Lipinski definition) is 1. The highest BCUT2D eigenvalue weighted by atomic mass is 16.4. The first-order valence-corrected chi connectivity index (χ1v) is 5.54. The van der Waals surface area contributed by atoms with Crippen molar-refractivity contribution in [2.75, 3.05) is 20.1 Å². The molecule has 1 aliphatic heterocycles. The van der Waals surface area contributed by atoms with Crippen LogP contribution in [-0.4, -0.2) is 58.4 Å². The van der Waals surface area contributed by atoms with Gasteiger partial charge in [0.2, 0.25) is 11.8 Å². The predicted octanol–water partition coefficient (Wildman–Crippen LogP) is -0.0696. The number of nitrogens with zero attached hydrogens (tertiary/aromatic N) is 2. The molecule has 0 spiro atoms. The van der Waals surface area contributed by atoms with Crippen LogP contribution in [-0.2, 0) is 14.4 Å². The molecule has 1 saturated heterocycles. The Kier molecular flexibility index (Phi) is 3.75. The third kappa shape index (κ3) is 2.57. The lowest BCUT2D eigenvalue weighted by Gasteiger charge is -2.35. The molecular weight excluding hydrogens is 224 g/mol. The number of carbonyl (C=O) groups is 3. The Labute approximate surface area is 100 Å². The largest absolute Gasteiger partial charge is 0.480 e. The van der Waals surface area contributed by atoms with Crippen LogP contribution < -0.4 is 0 Å². The highest BCUT2D eigenvalue weighted by molar-refractivity contribution is 5.92. The fourth-order valence-corrected chi connectivity index (χ4v) is 2.38. The van der Waals surface area contributed by atoms with Gasteiger partial charge in [0, 0.05) is 20.5 Å². The fraction of sp³-hybridized carbons (Fsp3) is 0.727. The minimum Gasteiger partial charge on any atom is -0.480 e. The molecule has 0 saturated carbocycles. The van der Waals surface area contributed by atoms with Gasteiger partial charge in [-0.25, -0.2) is 0 Å². The third-order valence-corrected chi connectivity index (χ3v) is 3.20. The molecule has 0 aromatic carbocycles. The molecule has 17 heavy (non-hydrogen) atoms. The van der Waals surface area contributed by atoms with Gasteiger partial charge in [-0.05, 0) is 19.8 Å². The Hall–Kier alpha value is -1.59. The van der Waals surface area contributed by atoms with Gasteiger partial charge in [-0.3, -0.25) is 14.4 Å². The first-order valence-electron chi connectivity index (χ1n) is 5.54. The molecule has 6 nitrogen and oxygen atoms in total. The second-order valence-electron chi connectivity index (χ2n) is 4.60. The Morgan fingerprint density at radius 1 is 1.41 bits per heavy atom. The van der Waals surface area contributed by atoms with Crippen molar-refractivity contribution in [1.82, 2.24) is 9.80 Å². The summed E-state index contributed by atoms with van der Waals surface area (Å²) in [5.41, 5.74) is -0.893. The van der Waals surface area contributed by atoms with Gasteiger partial charge >= 0.3 is 5.97 Å². The van der Waals surface area contributed by atoms with Crippen molar-refractivity contribution in [3.63, 3.8) is 0 Å². The van der Waals surface area contributed by atoms with Crippen molar-refractivity contribution >= 4 is 17.8 Å². The number of rotatable bonds is 3. The molecule has 1 atom stereocenters. The Bertz CT molecular complexity index is 355. The van der Waals surface area contributed by atoms with Crippen LogP contribution in [0.2, 0.25) is 0 Å². The van der Waals surface area contributed by atoms with Crippen LogP contribution in [0.25, 0.3) is 0 Å². The van der Waals surface area contributed by atoms with E-state index in [2.05, 4.69) is 0 Å². The second kappa shape index (κ2) is 4.73. The van der Waals surface area contributed by atoms with E-state index in [9.17, 15) is 14.4 Å². The number of carboxylic acids is 1. The maximum atomic E-state index is 12.2. The summed E-state index contributed by atoms with van der Waals surface area (Å²) in [5.74, 6) is -1.52. The van der Waals surface area contributed by atoms with E-state index in [-0.39, 0.29) is 18.4 Å². The normalized spacial score (nSPS) is 23.6. The average molecular weight is 242 g/mol. The minimum absolute atomic E-state index is 0.151. The molecule has 1 fully saturated rings. The first-order chi connectivity index (χ1) is 7.79. The number of hydrogen-bond acceptors (Lipinski definition) is 3. The third-order valence-electron chi connectivity index (χ3n) is 3.20. The molecule has 1 N–H and O–H groups in total. The molecule has 1 heterocycles. The zero-order chi connectivity index (χ0) is 13.2. The van der Waals surface area contributed by atoms with Gasteiger partial charge in [-0.15, -0.1) is 0 Å². The summed E-state index contributed by atoms with van der Waals surface area (Å²) in [7, 11) is 1.44. The maximum absolute atomic E-state index is 12.2. The standard InChI is InChI=1S/C11H18N2O4/c1-8(14)13-6-4-5-11(13,2)10(17)12(3)7-9(15)16/h4-7H2,1-3H3,(H,15,16). The van der Waals surface area contributed by atoms with Gasteiger partial charge < -0.3 is 14.9 Å². The van der Waals surface area contributed by atoms with Crippen LogP contribution in [0.15, 0.2) is 0 Å². The molecule has 1 aliphatic rings. The second-order valence-corrected chi connectivity index (χ2v) is 4.60. The van der Waals surface area contributed by atoms with Gasteiger partial charge in [-0.2, -0.15) is 0 Å². The van der Waals surface area contributed by atoms with Crippen molar-refractivity contribution in [3.05, 3.63) is 0 Å². The smallest absolute Gasteiger partial charge is 0.323 e. The number of carbonyl (C=O) groups excluding carboxylic acids is 2. The lowest BCUT2D eigenvalue weighted by molar-refractivity contribution is -0.152. The molecule has 0 bridgehead atoms. The summed E-state index contributed by atoms with van der Waals surface area (Å²) < 4.78 is 0. The molecule has 0 radical (unpaired) electrons. The highest BCUT2D eigenvalue weighted by Gasteiger charge is 2.46. The summed E-state index contributed by atoms with van der Waals surface area (Å²) >= 11 is 0. The topological polar surface area (TPSA) is 77.9 Å². The van der Waals surface area contributed by atoms with Gasteiger partial charge in [-0.1, -0.05) is 0 Å². The Morgan fingerprint density at radius 3 is 2.47 bits per heavy atom. The van der Waals surface area contributed by atoms with Gasteiger partial charge in [0.15, 0.2) is 0 Å². The van der Waals surface area contributed by atoms with Crippen molar-refractivity contribution in [2.24, 2.45) is 0 Å². The monoisotopic (exact) mass is 242 g/mol. The summed E-state index contributed by atoms with van der Waals surface area (Å²) in [4.78, 5) is 36.9. The summed E-state index contributed by atoms with van der Waals surface area (Å²) in [5, 5.41) is 8.66. The SMILES string of the molecule is CC(=O)N1CCCC1(C)C(=O)N(C)CC(=O)O. The van der Waals surface area contributed by atoms with E-state index in [4.69, 9.17) is 5.11 Å². The van der Waals surface area contributed by atoms with E-state index in [0.717, 1.165) is 11.3 Å². The number of aliphatic carboxylic acids is 1. The zero-order valence-corrected chi connectivity index (χ0v) is 10.4. The molecule has 1 rings (SSSR count). The summed E-state index contributed by atoms with van der Waals surface area (Å²) in [6.07, 6.45) is 1.35. The number of likely N-dealkylation sites (tertiary alicyclic amines) is 1. The number of likely N-dealkylation sites (N-methyl/N-ethyl adjacent to an activating group) is 1. The van der Waals surface area contributed by atoms with Gasteiger partial charge in [0.1, 0.15) is 12.1 Å². The Balaban J connectivity index is 2.85. The quantitative estimate of drug-likeness (QED) is 0.751. The van der Waals surface area contributed by atoms with E-state index in [1.54, 1.807) is 6.92 Å². The van der Waals surface area contributed by atoms with Crippen molar-refractivity contribution in [2.45, 2.75) is 32.2 Å². The molecule has 1 unspecified atom stereocenters. The first kappa shape index (κ1) is 13.5. The van der Waals surface area contributed by atoms with E-state index in [1.165, 1.54) is 18.9 Å². The van der Waals surface area contributed by atoms with Gasteiger partial charge in [0.25, 0.3) is 0 Å². The van der Waals surface area contributed by atoms with Crippen molar-refractivity contribution in [1.29, 1.82) is 0 Å². The lowest BCUT2D eigenvalue weighted by Crippen LogP contribution is -2.55. The van der Waals surface area contributed by atoms with Crippen molar-refractivity contribution < 1.29 is 19.5 Å². The average Bonchev–Trinajstić information content (AvgIpc) is 2.59. The van der Waals surface area contributed by atoms with Gasteiger partial charge in [0.05, 0.1) is 0 Å². The van der Waals surface area contributed by atoms with Crippen LogP contribution in [0.4, 0.5) is 0 Å². The molecule has 0 aliphatic carbocycles. The highest BCUT2D eigenvalue weighted by Crippen LogP contribution is 2.30. The Morgan fingerprint density at radius 2 is 2.00 bits per heavy atom. The van der Waals surface area contributed by atoms with Crippen LogP contribution in [0.5, 0.6) is 0 Å². The van der Waals surface area contributed by atoms with E-state index in [0.29, 0.717) is 13.0 Å². The number of carboxylic acid groups (broad SMARTS) is 1.